The van der Waals surface area contributed by atoms with Crippen molar-refractivity contribution >= 4 is 16.6 Å². The van der Waals surface area contributed by atoms with Crippen LogP contribution < -0.4 is 10.6 Å². The number of anilines is 1. The molecule has 5 nitrogen and oxygen atoms in total. The second kappa shape index (κ2) is 6.72. The number of allylic oxidation sites excluding steroid dienone is 2. The van der Waals surface area contributed by atoms with Gasteiger partial charge in [-0.2, -0.15) is 5.10 Å². The molecule has 1 fully saturated rings. The fourth-order valence-corrected chi connectivity index (χ4v) is 3.56. The Kier molecular flexibility index (Phi) is 4.41. The molecule has 2 unspecified atom stereocenters. The van der Waals surface area contributed by atoms with Gasteiger partial charge in [0.05, 0.1) is 18.9 Å². The van der Waals surface area contributed by atoms with E-state index in [0.29, 0.717) is 6.04 Å². The molecule has 0 amide bonds. The van der Waals surface area contributed by atoms with Crippen LogP contribution in [-0.2, 0) is 4.74 Å². The Morgan fingerprint density at radius 2 is 2.04 bits per heavy atom. The maximum absolute atomic E-state index is 5.35. The van der Waals surface area contributed by atoms with Crippen LogP contribution in [0.15, 0.2) is 48.2 Å². The van der Waals surface area contributed by atoms with Gasteiger partial charge in [0.25, 0.3) is 0 Å². The Morgan fingerprint density at radius 1 is 1.27 bits per heavy atom. The third-order valence-electron chi connectivity index (χ3n) is 5.29. The summed E-state index contributed by atoms with van der Waals surface area (Å²) in [6.07, 6.45) is 6.40. The molecule has 3 heterocycles. The van der Waals surface area contributed by atoms with Gasteiger partial charge < -0.3 is 15.4 Å². The number of rotatable bonds is 5. The van der Waals surface area contributed by atoms with E-state index in [1.165, 1.54) is 5.57 Å². The Morgan fingerprint density at radius 3 is 2.73 bits per heavy atom. The number of aromatic nitrogens is 2. The molecule has 0 aliphatic carbocycles. The van der Waals surface area contributed by atoms with Crippen LogP contribution in [0.5, 0.6) is 0 Å². The molecule has 26 heavy (non-hydrogen) atoms. The van der Waals surface area contributed by atoms with E-state index in [0.717, 1.165) is 42.0 Å². The summed E-state index contributed by atoms with van der Waals surface area (Å²) in [6.45, 7) is 9.02. The van der Waals surface area contributed by atoms with E-state index in [1.54, 1.807) is 0 Å². The summed E-state index contributed by atoms with van der Waals surface area (Å²) in [4.78, 5) is 0. The summed E-state index contributed by atoms with van der Waals surface area (Å²) in [5, 5.41) is 18.2. The average molecular weight is 350 g/mol. The van der Waals surface area contributed by atoms with E-state index >= 15 is 0 Å². The molecular weight excluding hydrogens is 324 g/mol. The van der Waals surface area contributed by atoms with Gasteiger partial charge in [-0.3, -0.25) is 0 Å². The molecule has 1 aromatic heterocycles. The summed E-state index contributed by atoms with van der Waals surface area (Å²) in [5.41, 5.74) is 2.49. The van der Waals surface area contributed by atoms with Crippen LogP contribution in [0.25, 0.3) is 10.8 Å². The van der Waals surface area contributed by atoms with Crippen LogP contribution in [0.3, 0.4) is 0 Å². The van der Waals surface area contributed by atoms with E-state index in [4.69, 9.17) is 4.74 Å². The molecule has 0 radical (unpaired) electrons. The Balaban J connectivity index is 1.66. The number of dihydropyridines is 1. The standard InChI is InChI=1S/C21H26N4O/c1-14-10-16(8-9-22-14)15(2)19-17-6-4-5-7-18(17)20(25-24-19)23-11-21(3)12-26-13-21/h4-10,14-15,22H,11-13H2,1-3H3,(H,23,25). The molecule has 0 bridgehead atoms. The molecule has 2 N–H and O–H groups in total. The SMILES string of the molecule is CC1C=C(C(C)c2nnc(NCC3(C)COC3)c3ccccc23)C=CN1. The largest absolute Gasteiger partial charge is 0.385 e. The molecule has 2 aliphatic heterocycles. The summed E-state index contributed by atoms with van der Waals surface area (Å²) in [6, 6.07) is 8.73. The number of ether oxygens (including phenoxy) is 1. The lowest BCUT2D eigenvalue weighted by Crippen LogP contribution is -2.45. The van der Waals surface area contributed by atoms with E-state index in [2.05, 4.69) is 78.0 Å². The number of benzene rings is 1. The second-order valence-corrected chi connectivity index (χ2v) is 7.81. The minimum Gasteiger partial charge on any atom is -0.385 e. The van der Waals surface area contributed by atoms with Crippen LogP contribution in [-0.4, -0.2) is 36.0 Å². The van der Waals surface area contributed by atoms with Crippen molar-refractivity contribution in [3.05, 3.63) is 53.9 Å². The van der Waals surface area contributed by atoms with E-state index in [1.807, 2.05) is 6.20 Å². The molecule has 136 valence electrons. The first kappa shape index (κ1) is 17.0. The molecule has 0 spiro atoms. The number of nitrogens with zero attached hydrogens (tertiary/aromatic N) is 2. The smallest absolute Gasteiger partial charge is 0.156 e. The predicted octanol–water partition coefficient (Wildman–Crippen LogP) is 3.61. The van der Waals surface area contributed by atoms with Crippen LogP contribution in [0.1, 0.15) is 32.4 Å². The monoisotopic (exact) mass is 350 g/mol. The zero-order chi connectivity index (χ0) is 18.1. The third-order valence-corrected chi connectivity index (χ3v) is 5.29. The minimum absolute atomic E-state index is 0.190. The van der Waals surface area contributed by atoms with Gasteiger partial charge in [-0.05, 0) is 24.8 Å². The molecule has 2 aromatic rings. The highest BCUT2D eigenvalue weighted by molar-refractivity contribution is 5.93. The number of hydrogen-bond donors (Lipinski definition) is 2. The summed E-state index contributed by atoms with van der Waals surface area (Å²) < 4.78 is 5.35. The van der Waals surface area contributed by atoms with Crippen molar-refractivity contribution in [2.75, 3.05) is 25.1 Å². The fourth-order valence-electron chi connectivity index (χ4n) is 3.56. The molecule has 4 rings (SSSR count). The number of hydrogen-bond acceptors (Lipinski definition) is 5. The van der Waals surface area contributed by atoms with Gasteiger partial charge in [-0.15, -0.1) is 5.10 Å². The lowest BCUT2D eigenvalue weighted by Gasteiger charge is -2.38. The average Bonchev–Trinajstić information content (AvgIpc) is 2.64. The summed E-state index contributed by atoms with van der Waals surface area (Å²) >= 11 is 0. The lowest BCUT2D eigenvalue weighted by atomic mass is 9.88. The second-order valence-electron chi connectivity index (χ2n) is 7.81. The highest BCUT2D eigenvalue weighted by Crippen LogP contribution is 2.33. The van der Waals surface area contributed by atoms with Gasteiger partial charge in [0.1, 0.15) is 0 Å². The quantitative estimate of drug-likeness (QED) is 0.863. The molecule has 0 saturated carbocycles. The van der Waals surface area contributed by atoms with Gasteiger partial charge in [-0.25, -0.2) is 0 Å². The summed E-state index contributed by atoms with van der Waals surface area (Å²) in [5.74, 6) is 1.05. The molecule has 5 heteroatoms. The van der Waals surface area contributed by atoms with Gasteiger partial charge in [0, 0.05) is 34.7 Å². The Hall–Kier alpha value is -2.40. The first-order valence-electron chi connectivity index (χ1n) is 9.27. The van der Waals surface area contributed by atoms with Crippen molar-refractivity contribution in [3.8, 4) is 0 Å². The van der Waals surface area contributed by atoms with Crippen LogP contribution in [0.2, 0.25) is 0 Å². The highest BCUT2D eigenvalue weighted by atomic mass is 16.5. The van der Waals surface area contributed by atoms with Gasteiger partial charge in [-0.1, -0.05) is 44.2 Å². The minimum atomic E-state index is 0.190. The molecular formula is C21H26N4O. The van der Waals surface area contributed by atoms with E-state index < -0.39 is 0 Å². The van der Waals surface area contributed by atoms with Crippen molar-refractivity contribution in [2.45, 2.75) is 32.7 Å². The van der Waals surface area contributed by atoms with Crippen molar-refractivity contribution in [1.82, 2.24) is 15.5 Å². The molecule has 2 aliphatic rings. The maximum Gasteiger partial charge on any atom is 0.156 e. The zero-order valence-corrected chi connectivity index (χ0v) is 15.6. The predicted molar refractivity (Wildman–Crippen MR) is 105 cm³/mol. The first-order chi connectivity index (χ1) is 12.6. The lowest BCUT2D eigenvalue weighted by molar-refractivity contribution is -0.0924. The van der Waals surface area contributed by atoms with E-state index in [-0.39, 0.29) is 11.3 Å². The molecule has 1 saturated heterocycles. The first-order valence-corrected chi connectivity index (χ1v) is 9.27. The van der Waals surface area contributed by atoms with Gasteiger partial charge in [0.2, 0.25) is 0 Å². The van der Waals surface area contributed by atoms with Gasteiger partial charge in [0.15, 0.2) is 5.82 Å². The maximum atomic E-state index is 5.35. The normalized spacial score (nSPS) is 22.3. The Labute approximate surface area is 154 Å². The van der Waals surface area contributed by atoms with Crippen molar-refractivity contribution < 1.29 is 4.74 Å². The molecule has 2 atom stereocenters. The topological polar surface area (TPSA) is 59.1 Å². The Bertz CT molecular complexity index is 869. The van der Waals surface area contributed by atoms with Gasteiger partial charge >= 0.3 is 0 Å². The summed E-state index contributed by atoms with van der Waals surface area (Å²) in [7, 11) is 0. The van der Waals surface area contributed by atoms with Crippen LogP contribution >= 0.6 is 0 Å². The van der Waals surface area contributed by atoms with Crippen LogP contribution in [0.4, 0.5) is 5.82 Å². The van der Waals surface area contributed by atoms with E-state index in [9.17, 15) is 0 Å². The van der Waals surface area contributed by atoms with Crippen molar-refractivity contribution in [1.29, 1.82) is 0 Å². The van der Waals surface area contributed by atoms with Crippen molar-refractivity contribution in [3.63, 3.8) is 0 Å². The van der Waals surface area contributed by atoms with Crippen LogP contribution in [0, 0.1) is 5.41 Å². The highest BCUT2D eigenvalue weighted by Gasteiger charge is 2.33. The fraction of sp³-hybridized carbons (Fsp3) is 0.429. The zero-order valence-electron chi connectivity index (χ0n) is 15.6. The number of fused-ring (bicyclic) bond motifs is 1. The third kappa shape index (κ3) is 3.19. The van der Waals surface area contributed by atoms with Crippen molar-refractivity contribution in [2.24, 2.45) is 5.41 Å². The number of nitrogens with one attached hydrogen (secondary N) is 2. The molecule has 1 aromatic carbocycles.